The average Bonchev–Trinajstić information content (AvgIpc) is 2.70. The van der Waals surface area contributed by atoms with Crippen molar-refractivity contribution in [3.8, 4) is 0 Å². The predicted octanol–water partition coefficient (Wildman–Crippen LogP) is 1.69. The second-order valence-corrected chi connectivity index (χ2v) is 4.91. The first kappa shape index (κ1) is 16.8. The molecular formula is C11H21ClN2O2S. The van der Waals surface area contributed by atoms with Gasteiger partial charge in [0, 0.05) is 25.1 Å². The molecule has 0 spiro atoms. The molecule has 0 saturated carbocycles. The highest BCUT2D eigenvalue weighted by molar-refractivity contribution is 7.07. The quantitative estimate of drug-likeness (QED) is 0.761. The number of nitrogens with one attached hydrogen (secondary N) is 1. The van der Waals surface area contributed by atoms with E-state index in [1.807, 2.05) is 5.38 Å². The molecule has 1 heterocycles. The molecule has 1 atom stereocenters. The van der Waals surface area contributed by atoms with Gasteiger partial charge in [0.1, 0.15) is 0 Å². The summed E-state index contributed by atoms with van der Waals surface area (Å²) in [5, 5.41) is 14.7. The monoisotopic (exact) mass is 280 g/mol. The largest absolute Gasteiger partial charge is 0.389 e. The van der Waals surface area contributed by atoms with Crippen LogP contribution >= 0.6 is 23.7 Å². The lowest BCUT2D eigenvalue weighted by atomic mass is 10.2. The van der Waals surface area contributed by atoms with Gasteiger partial charge in [-0.3, -0.25) is 0 Å². The minimum atomic E-state index is -0.447. The third-order valence-electron chi connectivity index (χ3n) is 1.93. The fourth-order valence-corrected chi connectivity index (χ4v) is 1.75. The number of thiazole rings is 1. The van der Waals surface area contributed by atoms with Crippen molar-refractivity contribution in [1.82, 2.24) is 10.3 Å². The van der Waals surface area contributed by atoms with Crippen molar-refractivity contribution < 1.29 is 9.84 Å². The number of rotatable bonds is 8. The molecule has 1 rings (SSSR count). The third-order valence-corrected chi connectivity index (χ3v) is 2.57. The van der Waals surface area contributed by atoms with E-state index in [1.54, 1.807) is 16.8 Å². The van der Waals surface area contributed by atoms with E-state index in [4.69, 9.17) is 4.74 Å². The number of halogens is 1. The van der Waals surface area contributed by atoms with Crippen LogP contribution in [0.3, 0.4) is 0 Å². The second-order valence-electron chi connectivity index (χ2n) is 4.20. The van der Waals surface area contributed by atoms with Gasteiger partial charge in [0.05, 0.1) is 23.9 Å². The molecule has 1 aromatic heterocycles. The van der Waals surface area contributed by atoms with Crippen molar-refractivity contribution >= 4 is 23.7 Å². The van der Waals surface area contributed by atoms with E-state index in [2.05, 4.69) is 24.1 Å². The van der Waals surface area contributed by atoms with Crippen LogP contribution in [0.1, 0.15) is 19.5 Å². The summed E-state index contributed by atoms with van der Waals surface area (Å²) in [7, 11) is 0. The van der Waals surface area contributed by atoms with Gasteiger partial charge in [0.15, 0.2) is 0 Å². The van der Waals surface area contributed by atoms with E-state index in [1.165, 1.54) is 0 Å². The van der Waals surface area contributed by atoms with Crippen LogP contribution < -0.4 is 5.32 Å². The Morgan fingerprint density at radius 3 is 2.82 bits per heavy atom. The van der Waals surface area contributed by atoms with Crippen LogP contribution in [-0.4, -0.2) is 36.0 Å². The SMILES string of the molecule is CC(C)COCC(O)CNCc1cscn1.Cl. The number of nitrogens with zero attached hydrogens (tertiary/aromatic N) is 1. The summed E-state index contributed by atoms with van der Waals surface area (Å²) in [4.78, 5) is 4.14. The molecule has 0 aliphatic rings. The Kier molecular flexibility index (Phi) is 9.68. The van der Waals surface area contributed by atoms with Crippen LogP contribution in [0.15, 0.2) is 10.9 Å². The van der Waals surface area contributed by atoms with E-state index < -0.39 is 6.10 Å². The maximum atomic E-state index is 9.59. The Morgan fingerprint density at radius 2 is 2.24 bits per heavy atom. The minimum Gasteiger partial charge on any atom is -0.389 e. The molecule has 0 amide bonds. The van der Waals surface area contributed by atoms with Crippen molar-refractivity contribution in [2.24, 2.45) is 5.92 Å². The van der Waals surface area contributed by atoms with E-state index in [0.29, 0.717) is 32.2 Å². The minimum absolute atomic E-state index is 0. The van der Waals surface area contributed by atoms with Crippen molar-refractivity contribution in [3.63, 3.8) is 0 Å². The van der Waals surface area contributed by atoms with Gasteiger partial charge in [-0.15, -0.1) is 23.7 Å². The van der Waals surface area contributed by atoms with Crippen LogP contribution in [0.25, 0.3) is 0 Å². The lowest BCUT2D eigenvalue weighted by molar-refractivity contribution is 0.0260. The first-order chi connectivity index (χ1) is 7.68. The Labute approximate surface area is 113 Å². The fourth-order valence-electron chi connectivity index (χ4n) is 1.19. The fraction of sp³-hybridized carbons (Fsp3) is 0.727. The van der Waals surface area contributed by atoms with Crippen LogP contribution in [-0.2, 0) is 11.3 Å². The molecule has 1 aromatic rings. The number of ether oxygens (including phenoxy) is 1. The number of hydrogen-bond acceptors (Lipinski definition) is 5. The van der Waals surface area contributed by atoms with E-state index in [9.17, 15) is 5.11 Å². The maximum absolute atomic E-state index is 9.59. The Hall–Kier alpha value is -0.200. The summed E-state index contributed by atoms with van der Waals surface area (Å²) in [5.41, 5.74) is 2.82. The summed E-state index contributed by atoms with van der Waals surface area (Å²) < 4.78 is 5.34. The average molecular weight is 281 g/mol. The summed E-state index contributed by atoms with van der Waals surface area (Å²) in [6, 6.07) is 0. The van der Waals surface area contributed by atoms with Gasteiger partial charge in [-0.1, -0.05) is 13.8 Å². The smallest absolute Gasteiger partial charge is 0.0897 e. The van der Waals surface area contributed by atoms with Crippen LogP contribution in [0.5, 0.6) is 0 Å². The van der Waals surface area contributed by atoms with Crippen molar-refractivity contribution in [2.75, 3.05) is 19.8 Å². The standard InChI is InChI=1S/C11H20N2O2S.ClH/c1-9(2)5-15-6-11(14)4-12-3-10-7-16-8-13-10;/h7-9,11-12,14H,3-6H2,1-2H3;1H. The maximum Gasteiger partial charge on any atom is 0.0897 e. The summed E-state index contributed by atoms with van der Waals surface area (Å²) in [6.45, 7) is 6.51. The van der Waals surface area contributed by atoms with Gasteiger partial charge in [-0.2, -0.15) is 0 Å². The van der Waals surface area contributed by atoms with Gasteiger partial charge in [0.25, 0.3) is 0 Å². The Morgan fingerprint density at radius 1 is 1.47 bits per heavy atom. The molecule has 0 fully saturated rings. The molecule has 0 bridgehead atoms. The molecule has 4 nitrogen and oxygen atoms in total. The molecule has 2 N–H and O–H groups in total. The molecule has 100 valence electrons. The highest BCUT2D eigenvalue weighted by atomic mass is 35.5. The second kappa shape index (κ2) is 9.79. The van der Waals surface area contributed by atoms with Gasteiger partial charge >= 0.3 is 0 Å². The number of aromatic nitrogens is 1. The Balaban J connectivity index is 0.00000256. The lowest BCUT2D eigenvalue weighted by Crippen LogP contribution is -2.30. The molecule has 0 aromatic carbocycles. The molecule has 0 aliphatic heterocycles. The summed E-state index contributed by atoms with van der Waals surface area (Å²) >= 11 is 1.58. The number of aliphatic hydroxyl groups excluding tert-OH is 1. The topological polar surface area (TPSA) is 54.4 Å². The molecule has 0 saturated heterocycles. The molecule has 0 radical (unpaired) electrons. The highest BCUT2D eigenvalue weighted by Gasteiger charge is 2.04. The highest BCUT2D eigenvalue weighted by Crippen LogP contribution is 1.99. The summed E-state index contributed by atoms with van der Waals surface area (Å²) in [6.07, 6.45) is -0.447. The van der Waals surface area contributed by atoms with Crippen molar-refractivity contribution in [1.29, 1.82) is 0 Å². The molecule has 0 aliphatic carbocycles. The lowest BCUT2D eigenvalue weighted by Gasteiger charge is -2.12. The summed E-state index contributed by atoms with van der Waals surface area (Å²) in [5.74, 6) is 0.509. The number of aliphatic hydroxyl groups is 1. The third kappa shape index (κ3) is 8.51. The van der Waals surface area contributed by atoms with Gasteiger partial charge in [-0.05, 0) is 5.92 Å². The zero-order valence-corrected chi connectivity index (χ0v) is 11.9. The normalized spacial score (nSPS) is 12.5. The van der Waals surface area contributed by atoms with Crippen molar-refractivity contribution in [3.05, 3.63) is 16.6 Å². The van der Waals surface area contributed by atoms with Gasteiger partial charge in [-0.25, -0.2) is 4.98 Å². The van der Waals surface area contributed by atoms with E-state index >= 15 is 0 Å². The number of hydrogen-bond donors (Lipinski definition) is 2. The van der Waals surface area contributed by atoms with Crippen LogP contribution in [0.2, 0.25) is 0 Å². The molecular weight excluding hydrogens is 260 g/mol. The zero-order chi connectivity index (χ0) is 11.8. The Bertz CT molecular complexity index is 270. The van der Waals surface area contributed by atoms with Crippen molar-refractivity contribution in [2.45, 2.75) is 26.5 Å². The molecule has 17 heavy (non-hydrogen) atoms. The first-order valence-electron chi connectivity index (χ1n) is 5.52. The zero-order valence-electron chi connectivity index (χ0n) is 10.3. The van der Waals surface area contributed by atoms with Gasteiger partial charge < -0.3 is 15.2 Å². The van der Waals surface area contributed by atoms with E-state index in [-0.39, 0.29) is 12.4 Å². The van der Waals surface area contributed by atoms with Gasteiger partial charge in [0.2, 0.25) is 0 Å². The van der Waals surface area contributed by atoms with Crippen LogP contribution in [0.4, 0.5) is 0 Å². The first-order valence-corrected chi connectivity index (χ1v) is 6.46. The van der Waals surface area contributed by atoms with E-state index in [0.717, 1.165) is 5.69 Å². The predicted molar refractivity (Wildman–Crippen MR) is 72.7 cm³/mol. The van der Waals surface area contributed by atoms with Crippen LogP contribution in [0, 0.1) is 5.92 Å². The molecule has 6 heteroatoms. The molecule has 1 unspecified atom stereocenters.